The monoisotopic (exact) mass is 505 g/mol. The molecule has 17 heteroatoms. The van der Waals surface area contributed by atoms with Crippen LogP contribution in [0.5, 0.6) is 0 Å². The fraction of sp³-hybridized carbons (Fsp3) is 0.611. The van der Waals surface area contributed by atoms with Gasteiger partial charge in [0.25, 0.3) is 0 Å². The maximum absolute atomic E-state index is 12.5. The first-order valence-electron chi connectivity index (χ1n) is 10.3. The molecule has 198 valence electrons. The predicted octanol–water partition coefficient (Wildman–Crippen LogP) is -4.76. The van der Waals surface area contributed by atoms with Crippen molar-refractivity contribution in [3.8, 4) is 0 Å². The third kappa shape index (κ3) is 13.3. The molecule has 17 nitrogen and oxygen atoms in total. The Labute approximate surface area is 199 Å². The van der Waals surface area contributed by atoms with Gasteiger partial charge in [-0.3, -0.25) is 29.0 Å². The van der Waals surface area contributed by atoms with Gasteiger partial charge in [0, 0.05) is 13.0 Å². The number of guanidine groups is 1. The number of aliphatic hydroxyl groups excluding tert-OH is 1. The van der Waals surface area contributed by atoms with Gasteiger partial charge >= 0.3 is 17.9 Å². The van der Waals surface area contributed by atoms with Crippen molar-refractivity contribution in [3.05, 3.63) is 0 Å². The summed E-state index contributed by atoms with van der Waals surface area (Å²) < 4.78 is 0. The van der Waals surface area contributed by atoms with Crippen LogP contribution in [0.2, 0.25) is 0 Å². The predicted molar refractivity (Wildman–Crippen MR) is 118 cm³/mol. The molecule has 0 aliphatic heterocycles. The number of hydrogen-bond acceptors (Lipinski definition) is 9. The van der Waals surface area contributed by atoms with Gasteiger partial charge in [-0.05, 0) is 19.3 Å². The molecule has 0 heterocycles. The Kier molecular flexibility index (Phi) is 14.0. The molecule has 0 aromatic heterocycles. The number of aliphatic imine (C=N–C) groups is 1. The third-order valence-corrected chi connectivity index (χ3v) is 4.39. The first kappa shape index (κ1) is 31.0. The van der Waals surface area contributed by atoms with Crippen LogP contribution in [-0.2, 0) is 28.8 Å². The number of nitrogens with two attached hydrogens (primary N) is 3. The summed E-state index contributed by atoms with van der Waals surface area (Å²) in [6, 6.07) is -6.18. The molecule has 0 saturated carbocycles. The minimum Gasteiger partial charge on any atom is -0.481 e. The average Bonchev–Trinajstić information content (AvgIpc) is 2.75. The van der Waals surface area contributed by atoms with Crippen LogP contribution in [0.1, 0.15) is 32.1 Å². The van der Waals surface area contributed by atoms with Crippen molar-refractivity contribution in [1.82, 2.24) is 16.0 Å². The van der Waals surface area contributed by atoms with Crippen LogP contribution < -0.4 is 33.2 Å². The fourth-order valence-corrected chi connectivity index (χ4v) is 2.58. The van der Waals surface area contributed by atoms with Gasteiger partial charge in [-0.2, -0.15) is 0 Å². The lowest BCUT2D eigenvalue weighted by Gasteiger charge is -2.23. The standard InChI is InChI=1S/C18H31N7O10/c19-8(2-1-5-22-18(20)21)14(31)25-11(7-26)16(33)24-10(6-13(29)30)15(32)23-9(17(34)35)3-4-12(27)28/h8-11,26H,1-7,19H2,(H,23,32)(H,24,33)(H,25,31)(H,27,28)(H,29,30)(H,34,35)(H4,20,21,22). The molecule has 0 rings (SSSR count). The summed E-state index contributed by atoms with van der Waals surface area (Å²) in [7, 11) is 0. The highest BCUT2D eigenvalue weighted by atomic mass is 16.4. The molecule has 0 aromatic rings. The largest absolute Gasteiger partial charge is 0.481 e. The van der Waals surface area contributed by atoms with Crippen LogP contribution in [0, 0.1) is 0 Å². The molecular formula is C18H31N7O10. The van der Waals surface area contributed by atoms with Crippen molar-refractivity contribution >= 4 is 41.6 Å². The number of rotatable bonds is 17. The van der Waals surface area contributed by atoms with E-state index in [1.165, 1.54) is 0 Å². The van der Waals surface area contributed by atoms with E-state index in [-0.39, 0.29) is 18.9 Å². The number of nitrogens with one attached hydrogen (secondary N) is 3. The molecule has 0 aliphatic carbocycles. The van der Waals surface area contributed by atoms with Crippen molar-refractivity contribution in [3.63, 3.8) is 0 Å². The van der Waals surface area contributed by atoms with E-state index in [9.17, 15) is 33.9 Å². The molecule has 0 spiro atoms. The van der Waals surface area contributed by atoms with E-state index in [0.717, 1.165) is 0 Å². The molecule has 3 amide bonds. The molecular weight excluding hydrogens is 474 g/mol. The molecule has 4 unspecified atom stereocenters. The number of aliphatic hydroxyl groups is 1. The van der Waals surface area contributed by atoms with Gasteiger partial charge in [-0.1, -0.05) is 0 Å². The maximum atomic E-state index is 12.5. The first-order chi connectivity index (χ1) is 16.3. The normalized spacial score (nSPS) is 13.9. The first-order valence-corrected chi connectivity index (χ1v) is 10.3. The summed E-state index contributed by atoms with van der Waals surface area (Å²) in [5.74, 6) is -7.77. The van der Waals surface area contributed by atoms with Crippen molar-refractivity contribution in [1.29, 1.82) is 0 Å². The SMILES string of the molecule is NC(N)=NCCCC(N)C(=O)NC(CO)C(=O)NC(CC(=O)O)C(=O)NC(CCC(=O)O)C(=O)O. The number of carbonyl (C=O) groups excluding carboxylic acids is 3. The van der Waals surface area contributed by atoms with E-state index in [2.05, 4.69) is 10.3 Å². The van der Waals surface area contributed by atoms with E-state index in [1.807, 2.05) is 10.6 Å². The Balaban J connectivity index is 5.18. The van der Waals surface area contributed by atoms with Gasteiger partial charge in [0.15, 0.2) is 5.96 Å². The number of carboxylic acids is 3. The van der Waals surface area contributed by atoms with Crippen LogP contribution in [-0.4, -0.2) is 99.3 Å². The number of carbonyl (C=O) groups is 6. The van der Waals surface area contributed by atoms with Gasteiger partial charge in [-0.25, -0.2) is 4.79 Å². The summed E-state index contributed by atoms with van der Waals surface area (Å²) in [4.78, 5) is 73.8. The third-order valence-electron chi connectivity index (χ3n) is 4.39. The Bertz CT molecular complexity index is 815. The molecule has 0 aromatic carbocycles. The highest BCUT2D eigenvalue weighted by molar-refractivity contribution is 5.95. The minimum absolute atomic E-state index is 0.124. The van der Waals surface area contributed by atoms with Crippen LogP contribution in [0.3, 0.4) is 0 Å². The second-order valence-corrected chi connectivity index (χ2v) is 7.29. The molecule has 0 saturated heterocycles. The molecule has 4 atom stereocenters. The van der Waals surface area contributed by atoms with Crippen LogP contribution >= 0.6 is 0 Å². The maximum Gasteiger partial charge on any atom is 0.326 e. The second kappa shape index (κ2) is 15.8. The zero-order valence-electron chi connectivity index (χ0n) is 18.7. The number of hydrogen-bond donors (Lipinski definition) is 10. The molecule has 0 fully saturated rings. The Morgan fingerprint density at radius 1 is 0.771 bits per heavy atom. The lowest BCUT2D eigenvalue weighted by Crippen LogP contribution is -2.58. The molecule has 0 aliphatic rings. The number of amides is 3. The van der Waals surface area contributed by atoms with E-state index >= 15 is 0 Å². The average molecular weight is 505 g/mol. The van der Waals surface area contributed by atoms with Gasteiger partial charge < -0.3 is 53.6 Å². The van der Waals surface area contributed by atoms with Crippen LogP contribution in [0.15, 0.2) is 4.99 Å². The Morgan fingerprint density at radius 3 is 1.80 bits per heavy atom. The number of nitrogens with zero attached hydrogens (tertiary/aromatic N) is 1. The lowest BCUT2D eigenvalue weighted by molar-refractivity contribution is -0.144. The zero-order chi connectivity index (χ0) is 27.1. The molecule has 13 N–H and O–H groups in total. The Hall–Kier alpha value is -3.99. The van der Waals surface area contributed by atoms with Gasteiger partial charge in [0.2, 0.25) is 17.7 Å². The van der Waals surface area contributed by atoms with Crippen molar-refractivity contribution in [2.75, 3.05) is 13.2 Å². The van der Waals surface area contributed by atoms with E-state index in [1.54, 1.807) is 0 Å². The zero-order valence-corrected chi connectivity index (χ0v) is 18.7. The Morgan fingerprint density at radius 2 is 1.31 bits per heavy atom. The topological polar surface area (TPSA) is 310 Å². The quantitative estimate of drug-likeness (QED) is 0.0504. The minimum atomic E-state index is -1.80. The van der Waals surface area contributed by atoms with Crippen molar-refractivity contribution < 1.29 is 49.2 Å². The highest BCUT2D eigenvalue weighted by Gasteiger charge is 2.31. The smallest absolute Gasteiger partial charge is 0.326 e. The van der Waals surface area contributed by atoms with Gasteiger partial charge in [0.1, 0.15) is 18.1 Å². The second-order valence-electron chi connectivity index (χ2n) is 7.29. The fourth-order valence-electron chi connectivity index (χ4n) is 2.58. The number of carboxylic acid groups (broad SMARTS) is 3. The summed E-state index contributed by atoms with van der Waals surface area (Å²) in [6.07, 6.45) is -1.62. The van der Waals surface area contributed by atoms with Gasteiger partial charge in [-0.15, -0.1) is 0 Å². The van der Waals surface area contributed by atoms with E-state index < -0.39 is 85.7 Å². The van der Waals surface area contributed by atoms with E-state index in [4.69, 9.17) is 32.5 Å². The van der Waals surface area contributed by atoms with Gasteiger partial charge in [0.05, 0.1) is 19.1 Å². The lowest BCUT2D eigenvalue weighted by atomic mass is 10.1. The van der Waals surface area contributed by atoms with E-state index in [0.29, 0.717) is 6.42 Å². The molecule has 0 radical (unpaired) electrons. The molecule has 35 heavy (non-hydrogen) atoms. The van der Waals surface area contributed by atoms with Crippen molar-refractivity contribution in [2.24, 2.45) is 22.2 Å². The summed E-state index contributed by atoms with van der Waals surface area (Å²) in [6.45, 7) is -0.737. The summed E-state index contributed by atoms with van der Waals surface area (Å²) >= 11 is 0. The highest BCUT2D eigenvalue weighted by Crippen LogP contribution is 2.02. The summed E-state index contributed by atoms with van der Waals surface area (Å²) in [5, 5.41) is 42.4. The van der Waals surface area contributed by atoms with Crippen molar-refractivity contribution in [2.45, 2.75) is 56.3 Å². The molecule has 0 bridgehead atoms. The number of aliphatic carboxylic acids is 3. The summed E-state index contributed by atoms with van der Waals surface area (Å²) in [5.41, 5.74) is 16.1. The van der Waals surface area contributed by atoms with Crippen LogP contribution in [0.25, 0.3) is 0 Å². The van der Waals surface area contributed by atoms with Crippen LogP contribution in [0.4, 0.5) is 0 Å².